The van der Waals surface area contributed by atoms with Gasteiger partial charge in [0, 0.05) is 18.7 Å². The van der Waals surface area contributed by atoms with Crippen molar-refractivity contribution >= 4 is 5.91 Å². The van der Waals surface area contributed by atoms with Crippen molar-refractivity contribution < 1.29 is 9.53 Å². The van der Waals surface area contributed by atoms with Gasteiger partial charge in [0.25, 0.3) is 5.91 Å². The second kappa shape index (κ2) is 6.73. The van der Waals surface area contributed by atoms with Crippen LogP contribution in [-0.2, 0) is 13.1 Å². The van der Waals surface area contributed by atoms with Gasteiger partial charge >= 0.3 is 0 Å². The van der Waals surface area contributed by atoms with Crippen molar-refractivity contribution in [2.24, 2.45) is 5.73 Å². The molecule has 0 atom stereocenters. The molecule has 4 heteroatoms. The lowest BCUT2D eigenvalue weighted by atomic mass is 10.1. The van der Waals surface area contributed by atoms with E-state index in [1.54, 1.807) is 13.2 Å². The predicted molar refractivity (Wildman–Crippen MR) is 78.5 cm³/mol. The van der Waals surface area contributed by atoms with Gasteiger partial charge in [-0.15, -0.1) is 0 Å². The summed E-state index contributed by atoms with van der Waals surface area (Å²) >= 11 is 0. The van der Waals surface area contributed by atoms with Gasteiger partial charge in [-0.25, -0.2) is 0 Å². The lowest BCUT2D eigenvalue weighted by molar-refractivity contribution is 0.0950. The van der Waals surface area contributed by atoms with Crippen LogP contribution >= 0.6 is 0 Å². The van der Waals surface area contributed by atoms with Crippen LogP contribution in [0.2, 0.25) is 0 Å². The van der Waals surface area contributed by atoms with Crippen LogP contribution in [0.5, 0.6) is 5.75 Å². The normalized spacial score (nSPS) is 10.1. The van der Waals surface area contributed by atoms with Crippen LogP contribution in [-0.4, -0.2) is 13.0 Å². The number of carbonyl (C=O) groups is 1. The second-order valence-corrected chi connectivity index (χ2v) is 4.39. The highest BCUT2D eigenvalue weighted by atomic mass is 16.5. The SMILES string of the molecule is COc1ccc(CNC(=O)c2ccccc2CN)cc1. The maximum atomic E-state index is 12.1. The van der Waals surface area contributed by atoms with Crippen molar-refractivity contribution in [3.63, 3.8) is 0 Å². The van der Waals surface area contributed by atoms with Gasteiger partial charge in [0.15, 0.2) is 0 Å². The zero-order valence-electron chi connectivity index (χ0n) is 11.4. The molecule has 20 heavy (non-hydrogen) atoms. The number of nitrogens with one attached hydrogen (secondary N) is 1. The van der Waals surface area contributed by atoms with E-state index in [4.69, 9.17) is 10.5 Å². The van der Waals surface area contributed by atoms with Gasteiger partial charge in [0.2, 0.25) is 0 Å². The molecule has 0 radical (unpaired) electrons. The van der Waals surface area contributed by atoms with E-state index < -0.39 is 0 Å². The van der Waals surface area contributed by atoms with E-state index in [0.29, 0.717) is 18.7 Å². The Morgan fingerprint density at radius 3 is 2.50 bits per heavy atom. The van der Waals surface area contributed by atoms with Crippen LogP contribution < -0.4 is 15.8 Å². The molecule has 4 nitrogen and oxygen atoms in total. The summed E-state index contributed by atoms with van der Waals surface area (Å²) in [4.78, 5) is 12.1. The first-order valence-electron chi connectivity index (χ1n) is 6.43. The lowest BCUT2D eigenvalue weighted by Gasteiger charge is -2.09. The largest absolute Gasteiger partial charge is 0.497 e. The summed E-state index contributed by atoms with van der Waals surface area (Å²) in [5, 5.41) is 2.89. The predicted octanol–water partition coefficient (Wildman–Crippen LogP) is 2.08. The van der Waals surface area contributed by atoms with E-state index in [-0.39, 0.29) is 5.91 Å². The Morgan fingerprint density at radius 1 is 1.15 bits per heavy atom. The minimum Gasteiger partial charge on any atom is -0.497 e. The fourth-order valence-corrected chi connectivity index (χ4v) is 1.94. The molecular formula is C16H18N2O2. The molecular weight excluding hydrogens is 252 g/mol. The average Bonchev–Trinajstić information content (AvgIpc) is 2.53. The van der Waals surface area contributed by atoms with Crippen LogP contribution in [0.1, 0.15) is 21.5 Å². The summed E-state index contributed by atoms with van der Waals surface area (Å²) in [6.07, 6.45) is 0. The molecule has 0 aliphatic heterocycles. The third kappa shape index (κ3) is 3.36. The Morgan fingerprint density at radius 2 is 1.85 bits per heavy atom. The van der Waals surface area contributed by atoms with Crippen molar-refractivity contribution in [3.05, 3.63) is 65.2 Å². The van der Waals surface area contributed by atoms with E-state index in [0.717, 1.165) is 16.9 Å². The molecule has 0 fully saturated rings. The van der Waals surface area contributed by atoms with Gasteiger partial charge < -0.3 is 15.8 Å². The molecule has 0 aromatic heterocycles. The average molecular weight is 270 g/mol. The Balaban J connectivity index is 2.01. The van der Waals surface area contributed by atoms with Crippen molar-refractivity contribution in [1.29, 1.82) is 0 Å². The van der Waals surface area contributed by atoms with Crippen molar-refractivity contribution in [2.75, 3.05) is 7.11 Å². The number of hydrogen-bond donors (Lipinski definition) is 2. The van der Waals surface area contributed by atoms with E-state index in [9.17, 15) is 4.79 Å². The van der Waals surface area contributed by atoms with Gasteiger partial charge in [-0.1, -0.05) is 30.3 Å². The number of carbonyl (C=O) groups excluding carboxylic acids is 1. The van der Waals surface area contributed by atoms with E-state index in [1.807, 2.05) is 42.5 Å². The summed E-state index contributed by atoms with van der Waals surface area (Å²) in [7, 11) is 1.63. The van der Waals surface area contributed by atoms with Gasteiger partial charge in [-0.05, 0) is 29.3 Å². The Bertz CT molecular complexity index is 579. The monoisotopic (exact) mass is 270 g/mol. The molecule has 0 saturated carbocycles. The molecule has 0 aliphatic rings. The minimum absolute atomic E-state index is 0.109. The van der Waals surface area contributed by atoms with Crippen LogP contribution in [0.4, 0.5) is 0 Å². The number of rotatable bonds is 5. The van der Waals surface area contributed by atoms with Gasteiger partial charge in [-0.3, -0.25) is 4.79 Å². The summed E-state index contributed by atoms with van der Waals surface area (Å²) in [5.74, 6) is 0.690. The van der Waals surface area contributed by atoms with Gasteiger partial charge in [0.05, 0.1) is 7.11 Å². The van der Waals surface area contributed by atoms with Crippen molar-refractivity contribution in [1.82, 2.24) is 5.32 Å². The van der Waals surface area contributed by atoms with E-state index in [2.05, 4.69) is 5.32 Å². The summed E-state index contributed by atoms with van der Waals surface area (Å²) in [5.41, 5.74) is 8.13. The molecule has 2 aromatic rings. The van der Waals surface area contributed by atoms with Crippen LogP contribution in [0.15, 0.2) is 48.5 Å². The molecule has 2 aromatic carbocycles. The zero-order chi connectivity index (χ0) is 14.4. The molecule has 104 valence electrons. The highest BCUT2D eigenvalue weighted by molar-refractivity contribution is 5.95. The van der Waals surface area contributed by atoms with E-state index in [1.165, 1.54) is 0 Å². The van der Waals surface area contributed by atoms with E-state index >= 15 is 0 Å². The maximum Gasteiger partial charge on any atom is 0.251 e. The quantitative estimate of drug-likeness (QED) is 0.874. The number of methoxy groups -OCH3 is 1. The molecule has 0 spiro atoms. The van der Waals surface area contributed by atoms with Crippen LogP contribution in [0.25, 0.3) is 0 Å². The standard InChI is InChI=1S/C16H18N2O2/c1-20-14-8-6-12(7-9-14)11-18-16(19)15-5-3-2-4-13(15)10-17/h2-9H,10-11,17H2,1H3,(H,18,19). The molecule has 0 aliphatic carbocycles. The Hall–Kier alpha value is -2.33. The minimum atomic E-state index is -0.109. The molecule has 0 heterocycles. The second-order valence-electron chi connectivity index (χ2n) is 4.39. The highest BCUT2D eigenvalue weighted by Gasteiger charge is 2.09. The molecule has 1 amide bonds. The molecule has 2 rings (SSSR count). The summed E-state index contributed by atoms with van der Waals surface area (Å²) < 4.78 is 5.09. The summed E-state index contributed by atoms with van der Waals surface area (Å²) in [6.45, 7) is 0.827. The molecule has 0 saturated heterocycles. The smallest absolute Gasteiger partial charge is 0.251 e. The first-order chi connectivity index (χ1) is 9.74. The third-order valence-corrected chi connectivity index (χ3v) is 3.09. The Kier molecular flexibility index (Phi) is 4.74. The molecule has 3 N–H and O–H groups in total. The number of amides is 1. The topological polar surface area (TPSA) is 64.3 Å². The van der Waals surface area contributed by atoms with Crippen LogP contribution in [0.3, 0.4) is 0 Å². The van der Waals surface area contributed by atoms with Crippen molar-refractivity contribution in [2.45, 2.75) is 13.1 Å². The van der Waals surface area contributed by atoms with Crippen LogP contribution in [0, 0.1) is 0 Å². The van der Waals surface area contributed by atoms with Gasteiger partial charge in [-0.2, -0.15) is 0 Å². The number of benzene rings is 2. The number of hydrogen-bond acceptors (Lipinski definition) is 3. The van der Waals surface area contributed by atoms with Crippen molar-refractivity contribution in [3.8, 4) is 5.75 Å². The number of ether oxygens (including phenoxy) is 1. The zero-order valence-corrected chi connectivity index (χ0v) is 11.4. The molecule has 0 bridgehead atoms. The fourth-order valence-electron chi connectivity index (χ4n) is 1.94. The number of nitrogens with two attached hydrogens (primary N) is 1. The third-order valence-electron chi connectivity index (χ3n) is 3.09. The molecule has 0 unspecified atom stereocenters. The highest BCUT2D eigenvalue weighted by Crippen LogP contribution is 2.12. The van der Waals surface area contributed by atoms with Gasteiger partial charge in [0.1, 0.15) is 5.75 Å². The summed E-state index contributed by atoms with van der Waals surface area (Å²) in [6, 6.07) is 14.9. The maximum absolute atomic E-state index is 12.1. The first kappa shape index (κ1) is 14.1. The first-order valence-corrected chi connectivity index (χ1v) is 6.43. The lowest BCUT2D eigenvalue weighted by Crippen LogP contribution is -2.24. The fraction of sp³-hybridized carbons (Fsp3) is 0.188. The Labute approximate surface area is 118 Å².